The van der Waals surface area contributed by atoms with E-state index in [0.29, 0.717) is 6.54 Å². The summed E-state index contributed by atoms with van der Waals surface area (Å²) in [5.74, 6) is 0. The highest BCUT2D eigenvalue weighted by molar-refractivity contribution is 8.01. The fraction of sp³-hybridized carbons (Fsp3) is 0.154. The van der Waals surface area contributed by atoms with Crippen LogP contribution in [0.25, 0.3) is 10.9 Å². The number of nitrogens with zero attached hydrogens (tertiary/aromatic N) is 3. The van der Waals surface area contributed by atoms with Gasteiger partial charge in [0, 0.05) is 11.9 Å². The molecular formula is C13H12N4S2. The van der Waals surface area contributed by atoms with E-state index in [4.69, 9.17) is 5.73 Å². The van der Waals surface area contributed by atoms with E-state index < -0.39 is 0 Å². The van der Waals surface area contributed by atoms with Crippen LogP contribution in [0, 0.1) is 6.92 Å². The van der Waals surface area contributed by atoms with E-state index in [1.165, 1.54) is 11.8 Å². The average Bonchev–Trinajstić information content (AvgIpc) is 2.83. The first-order valence-electron chi connectivity index (χ1n) is 5.83. The molecule has 0 saturated carbocycles. The fourth-order valence-corrected chi connectivity index (χ4v) is 3.66. The van der Waals surface area contributed by atoms with Crippen LogP contribution in [0.1, 0.15) is 10.6 Å². The molecule has 0 spiro atoms. The normalized spacial score (nSPS) is 11.1. The third-order valence-electron chi connectivity index (χ3n) is 2.70. The van der Waals surface area contributed by atoms with Gasteiger partial charge in [0.25, 0.3) is 0 Å². The van der Waals surface area contributed by atoms with Gasteiger partial charge in [-0.15, -0.1) is 10.2 Å². The maximum Gasteiger partial charge on any atom is 0.180 e. The number of pyridine rings is 1. The van der Waals surface area contributed by atoms with Crippen molar-refractivity contribution in [2.45, 2.75) is 22.8 Å². The summed E-state index contributed by atoms with van der Waals surface area (Å²) < 4.78 is 0.906. The number of benzene rings is 1. The topological polar surface area (TPSA) is 64.7 Å². The van der Waals surface area contributed by atoms with E-state index in [2.05, 4.69) is 15.2 Å². The van der Waals surface area contributed by atoms with E-state index in [1.807, 2.05) is 37.3 Å². The summed E-state index contributed by atoms with van der Waals surface area (Å²) in [4.78, 5) is 4.63. The highest BCUT2D eigenvalue weighted by atomic mass is 32.2. The zero-order valence-electron chi connectivity index (χ0n) is 10.3. The zero-order chi connectivity index (χ0) is 13.2. The molecule has 2 aromatic heterocycles. The second kappa shape index (κ2) is 5.24. The summed E-state index contributed by atoms with van der Waals surface area (Å²) in [5, 5.41) is 11.1. The standard InChI is InChI=1S/C13H12N4S2/c1-8-16-17-13(18-8)19-12-6-9(7-14)10-4-2-3-5-11(10)15-12/h2-6H,7,14H2,1H3. The molecule has 19 heavy (non-hydrogen) atoms. The lowest BCUT2D eigenvalue weighted by Crippen LogP contribution is -1.99. The van der Waals surface area contributed by atoms with Gasteiger partial charge in [-0.2, -0.15) is 0 Å². The van der Waals surface area contributed by atoms with E-state index in [9.17, 15) is 0 Å². The van der Waals surface area contributed by atoms with Crippen molar-refractivity contribution >= 4 is 34.0 Å². The van der Waals surface area contributed by atoms with E-state index in [-0.39, 0.29) is 0 Å². The minimum atomic E-state index is 0.506. The molecule has 0 atom stereocenters. The van der Waals surface area contributed by atoms with Crippen molar-refractivity contribution in [3.05, 3.63) is 40.9 Å². The molecule has 0 aliphatic heterocycles. The summed E-state index contributed by atoms with van der Waals surface area (Å²) >= 11 is 3.10. The molecule has 0 saturated heterocycles. The van der Waals surface area contributed by atoms with Gasteiger partial charge < -0.3 is 5.73 Å². The molecule has 2 N–H and O–H groups in total. The summed E-state index contributed by atoms with van der Waals surface area (Å²) in [6.45, 7) is 2.45. The van der Waals surface area contributed by atoms with E-state index in [0.717, 1.165) is 30.8 Å². The molecule has 3 rings (SSSR count). The van der Waals surface area contributed by atoms with Gasteiger partial charge in [-0.05, 0) is 36.4 Å². The Hall–Kier alpha value is -1.50. The molecule has 3 aromatic rings. The van der Waals surface area contributed by atoms with Crippen LogP contribution in [0.2, 0.25) is 0 Å². The number of hydrogen-bond donors (Lipinski definition) is 1. The first-order valence-corrected chi connectivity index (χ1v) is 7.46. The molecule has 6 heteroatoms. The molecule has 0 aliphatic carbocycles. The predicted octanol–water partition coefficient (Wildman–Crippen LogP) is 3.00. The molecule has 4 nitrogen and oxygen atoms in total. The van der Waals surface area contributed by atoms with Gasteiger partial charge in [0.05, 0.1) is 5.52 Å². The van der Waals surface area contributed by atoms with Crippen molar-refractivity contribution in [1.29, 1.82) is 0 Å². The molecule has 1 aromatic carbocycles. The summed E-state index contributed by atoms with van der Waals surface area (Å²) in [6.07, 6.45) is 0. The van der Waals surface area contributed by atoms with Crippen molar-refractivity contribution in [3.63, 3.8) is 0 Å². The van der Waals surface area contributed by atoms with E-state index >= 15 is 0 Å². The van der Waals surface area contributed by atoms with Gasteiger partial charge in [-0.1, -0.05) is 29.5 Å². The highest BCUT2D eigenvalue weighted by Gasteiger charge is 2.08. The molecule has 0 fully saturated rings. The quantitative estimate of drug-likeness (QED) is 0.802. The van der Waals surface area contributed by atoms with Gasteiger partial charge >= 0.3 is 0 Å². The summed E-state index contributed by atoms with van der Waals surface area (Å²) in [6, 6.07) is 10.1. The predicted molar refractivity (Wildman–Crippen MR) is 78.4 cm³/mol. The average molecular weight is 288 g/mol. The van der Waals surface area contributed by atoms with Crippen LogP contribution in [0.15, 0.2) is 39.7 Å². The van der Waals surface area contributed by atoms with Gasteiger partial charge in [-0.3, -0.25) is 0 Å². The Morgan fingerprint density at radius 1 is 1.26 bits per heavy atom. The van der Waals surface area contributed by atoms with E-state index in [1.54, 1.807) is 11.3 Å². The van der Waals surface area contributed by atoms with Crippen molar-refractivity contribution in [3.8, 4) is 0 Å². The van der Waals surface area contributed by atoms with Crippen molar-refractivity contribution < 1.29 is 0 Å². The molecule has 0 bridgehead atoms. The van der Waals surface area contributed by atoms with Crippen LogP contribution in [-0.2, 0) is 6.54 Å². The highest BCUT2D eigenvalue weighted by Crippen LogP contribution is 2.31. The minimum absolute atomic E-state index is 0.506. The van der Waals surface area contributed by atoms with Crippen molar-refractivity contribution in [2.24, 2.45) is 5.73 Å². The molecule has 96 valence electrons. The smallest absolute Gasteiger partial charge is 0.180 e. The van der Waals surface area contributed by atoms with Crippen molar-refractivity contribution in [1.82, 2.24) is 15.2 Å². The zero-order valence-corrected chi connectivity index (χ0v) is 12.0. The molecule has 0 radical (unpaired) electrons. The summed E-state index contributed by atoms with van der Waals surface area (Å²) in [7, 11) is 0. The largest absolute Gasteiger partial charge is 0.326 e. The van der Waals surface area contributed by atoms with Gasteiger partial charge in [0.15, 0.2) is 4.34 Å². The molecular weight excluding hydrogens is 276 g/mol. The Labute approximate surface area is 119 Å². The summed E-state index contributed by atoms with van der Waals surface area (Å²) in [5.41, 5.74) is 7.89. The van der Waals surface area contributed by atoms with Gasteiger partial charge in [0.2, 0.25) is 0 Å². The molecule has 0 amide bonds. The lowest BCUT2D eigenvalue weighted by Gasteiger charge is -2.06. The third kappa shape index (κ3) is 2.60. The first-order chi connectivity index (χ1) is 9.26. The Kier molecular flexibility index (Phi) is 3.46. The van der Waals surface area contributed by atoms with Crippen LogP contribution in [0.3, 0.4) is 0 Å². The number of fused-ring (bicyclic) bond motifs is 1. The SMILES string of the molecule is Cc1nnc(Sc2cc(CN)c3ccccc3n2)s1. The number of nitrogens with two attached hydrogens (primary N) is 1. The molecule has 2 heterocycles. The Morgan fingerprint density at radius 2 is 2.11 bits per heavy atom. The Bertz CT molecular complexity index is 723. The van der Waals surface area contributed by atoms with Crippen LogP contribution in [-0.4, -0.2) is 15.2 Å². The number of aryl methyl sites for hydroxylation is 1. The lowest BCUT2D eigenvalue weighted by molar-refractivity contribution is 0.980. The number of rotatable bonds is 3. The van der Waals surface area contributed by atoms with Gasteiger partial charge in [-0.25, -0.2) is 4.98 Å². The number of aromatic nitrogens is 3. The maximum atomic E-state index is 5.82. The fourth-order valence-electron chi connectivity index (χ4n) is 1.85. The van der Waals surface area contributed by atoms with Gasteiger partial charge in [0.1, 0.15) is 10.0 Å². The van der Waals surface area contributed by atoms with Crippen LogP contribution in [0.4, 0.5) is 0 Å². The van der Waals surface area contributed by atoms with Crippen LogP contribution in [0.5, 0.6) is 0 Å². The lowest BCUT2D eigenvalue weighted by atomic mass is 10.1. The Balaban J connectivity index is 2.04. The van der Waals surface area contributed by atoms with Crippen LogP contribution >= 0.6 is 23.1 Å². The number of para-hydroxylation sites is 1. The second-order valence-electron chi connectivity index (χ2n) is 4.03. The van der Waals surface area contributed by atoms with Crippen molar-refractivity contribution in [2.75, 3.05) is 0 Å². The maximum absolute atomic E-state index is 5.82. The first kappa shape index (κ1) is 12.5. The minimum Gasteiger partial charge on any atom is -0.326 e. The molecule has 0 aliphatic rings. The molecule has 0 unspecified atom stereocenters. The second-order valence-corrected chi connectivity index (χ2v) is 6.48. The van der Waals surface area contributed by atoms with Crippen LogP contribution < -0.4 is 5.73 Å². The number of hydrogen-bond acceptors (Lipinski definition) is 6. The Morgan fingerprint density at radius 3 is 2.84 bits per heavy atom. The monoisotopic (exact) mass is 288 g/mol. The third-order valence-corrected chi connectivity index (χ3v) is 4.51.